The van der Waals surface area contributed by atoms with Crippen molar-refractivity contribution >= 4 is 38.9 Å². The van der Waals surface area contributed by atoms with Crippen LogP contribution in [0.15, 0.2) is 78.2 Å². The zero-order valence-corrected chi connectivity index (χ0v) is 20.0. The van der Waals surface area contributed by atoms with E-state index in [9.17, 15) is 26.4 Å². The van der Waals surface area contributed by atoms with Crippen LogP contribution >= 0.6 is 11.6 Å². The van der Waals surface area contributed by atoms with Crippen molar-refractivity contribution < 1.29 is 35.9 Å². The Labute approximate surface area is 209 Å². The highest BCUT2D eigenvalue weighted by atomic mass is 35.5. The smallest absolute Gasteiger partial charge is 0.416 e. The van der Waals surface area contributed by atoms with E-state index in [1.807, 2.05) is 0 Å². The van der Waals surface area contributed by atoms with E-state index in [1.54, 1.807) is 12.1 Å². The maximum Gasteiger partial charge on any atom is 0.416 e. The van der Waals surface area contributed by atoms with Gasteiger partial charge in [-0.1, -0.05) is 23.7 Å². The first-order chi connectivity index (χ1) is 17.0. The fraction of sp³-hybridized carbons (Fsp3) is 0.125. The SMILES string of the molecule is C=CCN(c1cccc(C(F)(F)F)c1)S(=O)(=O)c1ccc(Cl)c(C(=O)Nc2ccc3c(c2)OCO3)c1. The van der Waals surface area contributed by atoms with Gasteiger partial charge in [-0.3, -0.25) is 9.10 Å². The lowest BCUT2D eigenvalue weighted by molar-refractivity contribution is -0.137. The Balaban J connectivity index is 1.67. The Morgan fingerprint density at radius 2 is 1.83 bits per heavy atom. The monoisotopic (exact) mass is 538 g/mol. The predicted molar refractivity (Wildman–Crippen MR) is 128 cm³/mol. The molecule has 0 atom stereocenters. The summed E-state index contributed by atoms with van der Waals surface area (Å²) in [7, 11) is -4.41. The molecule has 36 heavy (non-hydrogen) atoms. The van der Waals surface area contributed by atoms with Crippen LogP contribution in [0.2, 0.25) is 5.02 Å². The molecule has 1 aliphatic rings. The molecule has 7 nitrogen and oxygen atoms in total. The molecule has 3 aromatic rings. The number of anilines is 2. The largest absolute Gasteiger partial charge is 0.454 e. The van der Waals surface area contributed by atoms with Crippen molar-refractivity contribution in [1.29, 1.82) is 0 Å². The number of ether oxygens (including phenoxy) is 2. The second-order valence-corrected chi connectivity index (χ2v) is 9.81. The summed E-state index contributed by atoms with van der Waals surface area (Å²) >= 11 is 6.17. The molecule has 0 aromatic heterocycles. The normalized spacial score (nSPS) is 12.8. The number of fused-ring (bicyclic) bond motifs is 1. The van der Waals surface area contributed by atoms with Gasteiger partial charge >= 0.3 is 6.18 Å². The van der Waals surface area contributed by atoms with Gasteiger partial charge in [-0.15, -0.1) is 6.58 Å². The lowest BCUT2D eigenvalue weighted by atomic mass is 10.2. The molecule has 1 heterocycles. The minimum Gasteiger partial charge on any atom is -0.454 e. The maximum atomic E-state index is 13.4. The van der Waals surface area contributed by atoms with E-state index >= 15 is 0 Å². The van der Waals surface area contributed by atoms with E-state index < -0.39 is 27.7 Å². The van der Waals surface area contributed by atoms with Gasteiger partial charge in [-0.25, -0.2) is 8.42 Å². The molecule has 0 unspecified atom stereocenters. The highest BCUT2D eigenvalue weighted by Gasteiger charge is 2.32. The van der Waals surface area contributed by atoms with Crippen LogP contribution in [0, 0.1) is 0 Å². The first kappa shape index (κ1) is 25.4. The predicted octanol–water partition coefficient (Wildman–Crippen LogP) is 5.72. The summed E-state index contributed by atoms with van der Waals surface area (Å²) in [4.78, 5) is 12.6. The standard InChI is InChI=1S/C24H18ClF3N2O5S/c1-2-10-30(17-5-3-4-15(11-17)24(26,27)28)36(32,33)18-7-8-20(25)19(13-18)23(31)29-16-6-9-21-22(12-16)35-14-34-21/h2-9,11-13H,1,10,14H2,(H,29,31). The molecular formula is C24H18ClF3N2O5S. The summed E-state index contributed by atoms with van der Waals surface area (Å²) in [5.74, 6) is 0.234. The molecule has 0 spiro atoms. The molecule has 1 aliphatic heterocycles. The molecule has 0 fully saturated rings. The molecule has 188 valence electrons. The third kappa shape index (κ3) is 5.12. The molecule has 0 aliphatic carbocycles. The number of sulfonamides is 1. The fourth-order valence-electron chi connectivity index (χ4n) is 3.44. The summed E-state index contributed by atoms with van der Waals surface area (Å²) in [6.45, 7) is 3.24. The van der Waals surface area contributed by atoms with E-state index in [-0.39, 0.29) is 34.5 Å². The number of hydrogen-bond donors (Lipinski definition) is 1. The van der Waals surface area contributed by atoms with Crippen LogP contribution in [-0.4, -0.2) is 27.7 Å². The van der Waals surface area contributed by atoms with Gasteiger partial charge in [0.2, 0.25) is 6.79 Å². The molecule has 0 saturated carbocycles. The van der Waals surface area contributed by atoms with Crippen LogP contribution in [0.1, 0.15) is 15.9 Å². The first-order valence-corrected chi connectivity index (χ1v) is 12.1. The highest BCUT2D eigenvalue weighted by molar-refractivity contribution is 7.92. The number of hydrogen-bond acceptors (Lipinski definition) is 5. The summed E-state index contributed by atoms with van der Waals surface area (Å²) in [5.41, 5.74) is -1.03. The van der Waals surface area contributed by atoms with E-state index in [4.69, 9.17) is 21.1 Å². The Kier molecular flexibility index (Phi) is 6.87. The molecule has 1 amide bonds. The van der Waals surface area contributed by atoms with Gasteiger partial charge in [-0.2, -0.15) is 13.2 Å². The second kappa shape index (κ2) is 9.75. The molecule has 1 N–H and O–H groups in total. The lowest BCUT2D eigenvalue weighted by Gasteiger charge is -2.24. The van der Waals surface area contributed by atoms with Gasteiger partial charge in [0, 0.05) is 11.8 Å². The van der Waals surface area contributed by atoms with Crippen molar-refractivity contribution in [3.63, 3.8) is 0 Å². The highest BCUT2D eigenvalue weighted by Crippen LogP contribution is 2.35. The first-order valence-electron chi connectivity index (χ1n) is 10.3. The molecule has 4 rings (SSSR count). The van der Waals surface area contributed by atoms with E-state index in [0.717, 1.165) is 28.6 Å². The van der Waals surface area contributed by atoms with Gasteiger partial charge in [0.05, 0.1) is 33.3 Å². The molecule has 3 aromatic carbocycles. The van der Waals surface area contributed by atoms with Crippen molar-refractivity contribution in [1.82, 2.24) is 0 Å². The average Bonchev–Trinajstić information content (AvgIpc) is 3.30. The van der Waals surface area contributed by atoms with Crippen LogP contribution in [-0.2, 0) is 16.2 Å². The van der Waals surface area contributed by atoms with Crippen LogP contribution in [0.25, 0.3) is 0 Å². The zero-order valence-electron chi connectivity index (χ0n) is 18.4. The van der Waals surface area contributed by atoms with Crippen LogP contribution < -0.4 is 19.1 Å². The van der Waals surface area contributed by atoms with Gasteiger partial charge < -0.3 is 14.8 Å². The number of alkyl halides is 3. The lowest BCUT2D eigenvalue weighted by Crippen LogP contribution is -2.31. The number of benzene rings is 3. The van der Waals surface area contributed by atoms with Gasteiger partial charge in [0.25, 0.3) is 15.9 Å². The summed E-state index contributed by atoms with van der Waals surface area (Å²) in [6.07, 6.45) is -3.43. The number of nitrogens with one attached hydrogen (secondary N) is 1. The Morgan fingerprint density at radius 1 is 1.08 bits per heavy atom. The Hall–Kier alpha value is -3.70. The van der Waals surface area contributed by atoms with Gasteiger partial charge in [0.15, 0.2) is 11.5 Å². The quantitative estimate of drug-likeness (QED) is 0.389. The number of carbonyl (C=O) groups is 1. The molecular weight excluding hydrogens is 521 g/mol. The topological polar surface area (TPSA) is 84.9 Å². The number of rotatable bonds is 7. The fourth-order valence-corrected chi connectivity index (χ4v) is 5.09. The minimum atomic E-state index is -4.67. The van der Waals surface area contributed by atoms with Crippen molar-refractivity contribution in [3.05, 3.63) is 89.5 Å². The number of carbonyl (C=O) groups excluding carboxylic acids is 1. The van der Waals surface area contributed by atoms with Crippen LogP contribution in [0.5, 0.6) is 11.5 Å². The summed E-state index contributed by atoms with van der Waals surface area (Å²) in [6, 6.07) is 12.1. The Bertz CT molecular complexity index is 1440. The number of nitrogens with zero attached hydrogens (tertiary/aromatic N) is 1. The van der Waals surface area contributed by atoms with Gasteiger partial charge in [0.1, 0.15) is 0 Å². The van der Waals surface area contributed by atoms with E-state index in [2.05, 4.69) is 11.9 Å². The summed E-state index contributed by atoms with van der Waals surface area (Å²) in [5, 5.41) is 2.58. The molecule has 0 radical (unpaired) electrons. The van der Waals surface area contributed by atoms with E-state index in [0.29, 0.717) is 17.2 Å². The molecule has 12 heteroatoms. The van der Waals surface area contributed by atoms with Crippen molar-refractivity contribution in [2.24, 2.45) is 0 Å². The van der Waals surface area contributed by atoms with Crippen molar-refractivity contribution in [2.75, 3.05) is 23.0 Å². The molecule has 0 bridgehead atoms. The number of amides is 1. The van der Waals surface area contributed by atoms with Crippen LogP contribution in [0.4, 0.5) is 24.5 Å². The second-order valence-electron chi connectivity index (χ2n) is 7.54. The zero-order chi connectivity index (χ0) is 26.1. The van der Waals surface area contributed by atoms with Crippen molar-refractivity contribution in [2.45, 2.75) is 11.1 Å². The van der Waals surface area contributed by atoms with Gasteiger partial charge in [-0.05, 0) is 48.5 Å². The third-order valence-electron chi connectivity index (χ3n) is 5.16. The van der Waals surface area contributed by atoms with Crippen molar-refractivity contribution in [3.8, 4) is 11.5 Å². The maximum absolute atomic E-state index is 13.4. The average molecular weight is 539 g/mol. The summed E-state index contributed by atoms with van der Waals surface area (Å²) < 4.78 is 77.8. The molecule has 0 saturated heterocycles. The van der Waals surface area contributed by atoms with E-state index in [1.165, 1.54) is 30.3 Å². The Morgan fingerprint density at radius 3 is 2.56 bits per heavy atom. The minimum absolute atomic E-state index is 0.0264. The number of halogens is 4. The van der Waals surface area contributed by atoms with Crippen LogP contribution in [0.3, 0.4) is 0 Å². The third-order valence-corrected chi connectivity index (χ3v) is 7.28.